The number of anilines is 1. The summed E-state index contributed by atoms with van der Waals surface area (Å²) in [4.78, 5) is 9.59. The van der Waals surface area contributed by atoms with E-state index >= 15 is 0 Å². The molecule has 0 radical (unpaired) electrons. The van der Waals surface area contributed by atoms with Crippen LogP contribution in [0.15, 0.2) is 0 Å². The number of nitrogens with one attached hydrogen (secondary N) is 1. The monoisotopic (exact) mass is 277 g/mol. The Hall–Kier alpha value is -1.16. The maximum atomic E-state index is 5.82. The molecule has 112 valence electrons. The Morgan fingerprint density at radius 2 is 1.85 bits per heavy atom. The molecule has 0 aliphatic heterocycles. The van der Waals surface area contributed by atoms with Crippen LogP contribution in [0, 0.1) is 0 Å². The Balaban J connectivity index is 2.44. The Bertz CT molecular complexity index is 457. The summed E-state index contributed by atoms with van der Waals surface area (Å²) in [6.45, 7) is 9.77. The summed E-state index contributed by atoms with van der Waals surface area (Å²) in [5.41, 5.74) is 2.11. The van der Waals surface area contributed by atoms with Gasteiger partial charge < -0.3 is 10.1 Å². The average Bonchev–Trinajstić information content (AvgIpc) is 2.64. The zero-order valence-electron chi connectivity index (χ0n) is 13.3. The fourth-order valence-corrected chi connectivity index (χ4v) is 2.78. The summed E-state index contributed by atoms with van der Waals surface area (Å²) < 4.78 is 5.82. The highest BCUT2D eigenvalue weighted by molar-refractivity contribution is 5.47. The summed E-state index contributed by atoms with van der Waals surface area (Å²) in [7, 11) is 0. The number of hydrogen-bond acceptors (Lipinski definition) is 4. The van der Waals surface area contributed by atoms with E-state index in [2.05, 4.69) is 12.2 Å². The Morgan fingerprint density at radius 3 is 2.55 bits per heavy atom. The number of hydrogen-bond donors (Lipinski definition) is 1. The van der Waals surface area contributed by atoms with Gasteiger partial charge in [-0.1, -0.05) is 6.42 Å². The van der Waals surface area contributed by atoms with E-state index in [0.717, 1.165) is 31.0 Å². The van der Waals surface area contributed by atoms with E-state index in [-0.39, 0.29) is 0 Å². The van der Waals surface area contributed by atoms with Crippen LogP contribution < -0.4 is 5.32 Å². The lowest BCUT2D eigenvalue weighted by Gasteiger charge is -2.25. The SMILES string of the molecule is CCNc1nc(C(C)(C)OCC)nc2c1CCCCC2. The first-order valence-electron chi connectivity index (χ1n) is 7.86. The van der Waals surface area contributed by atoms with Crippen LogP contribution in [-0.4, -0.2) is 23.1 Å². The van der Waals surface area contributed by atoms with Crippen LogP contribution in [0.25, 0.3) is 0 Å². The van der Waals surface area contributed by atoms with Crippen LogP contribution in [0.4, 0.5) is 5.82 Å². The van der Waals surface area contributed by atoms with Crippen LogP contribution in [0.2, 0.25) is 0 Å². The maximum Gasteiger partial charge on any atom is 0.162 e. The summed E-state index contributed by atoms with van der Waals surface area (Å²) >= 11 is 0. The third-order valence-electron chi connectivity index (χ3n) is 3.82. The van der Waals surface area contributed by atoms with Crippen LogP contribution in [0.3, 0.4) is 0 Å². The molecule has 1 aromatic heterocycles. The number of ether oxygens (including phenoxy) is 1. The first kappa shape index (κ1) is 15.2. The molecule has 1 heterocycles. The van der Waals surface area contributed by atoms with Crippen LogP contribution in [-0.2, 0) is 23.2 Å². The van der Waals surface area contributed by atoms with Gasteiger partial charge >= 0.3 is 0 Å². The van der Waals surface area contributed by atoms with Gasteiger partial charge in [0.05, 0.1) is 0 Å². The Kier molecular flexibility index (Phi) is 4.97. The van der Waals surface area contributed by atoms with Gasteiger partial charge in [0.1, 0.15) is 11.4 Å². The van der Waals surface area contributed by atoms with Crippen molar-refractivity contribution in [2.24, 2.45) is 0 Å². The molecule has 0 spiro atoms. The molecule has 0 aromatic carbocycles. The summed E-state index contributed by atoms with van der Waals surface area (Å²) in [5.74, 6) is 1.82. The van der Waals surface area contributed by atoms with Crippen molar-refractivity contribution in [1.29, 1.82) is 0 Å². The lowest BCUT2D eigenvalue weighted by atomic mass is 10.1. The van der Waals surface area contributed by atoms with Crippen molar-refractivity contribution in [3.63, 3.8) is 0 Å². The molecular weight excluding hydrogens is 250 g/mol. The van der Waals surface area contributed by atoms with Crippen molar-refractivity contribution < 1.29 is 4.74 Å². The fraction of sp³-hybridized carbons (Fsp3) is 0.750. The average molecular weight is 277 g/mol. The molecule has 2 rings (SSSR count). The van der Waals surface area contributed by atoms with Gasteiger partial charge in [-0.15, -0.1) is 0 Å². The van der Waals surface area contributed by atoms with E-state index in [1.807, 2.05) is 20.8 Å². The molecule has 0 fully saturated rings. The zero-order chi connectivity index (χ0) is 14.6. The lowest BCUT2D eigenvalue weighted by Crippen LogP contribution is -2.26. The van der Waals surface area contributed by atoms with Crippen molar-refractivity contribution in [2.45, 2.75) is 65.4 Å². The molecule has 0 unspecified atom stereocenters. The predicted molar refractivity (Wildman–Crippen MR) is 82.1 cm³/mol. The Morgan fingerprint density at radius 1 is 1.10 bits per heavy atom. The minimum absolute atomic E-state index is 0.430. The number of nitrogens with zero attached hydrogens (tertiary/aromatic N) is 2. The molecule has 1 aliphatic carbocycles. The number of aryl methyl sites for hydroxylation is 1. The predicted octanol–water partition coefficient (Wildman–Crippen LogP) is 3.45. The lowest BCUT2D eigenvalue weighted by molar-refractivity contribution is -0.0208. The fourth-order valence-electron chi connectivity index (χ4n) is 2.78. The van der Waals surface area contributed by atoms with Crippen LogP contribution in [0.1, 0.15) is 64.0 Å². The topological polar surface area (TPSA) is 47.0 Å². The van der Waals surface area contributed by atoms with Gasteiger partial charge in [-0.25, -0.2) is 9.97 Å². The van der Waals surface area contributed by atoms with Gasteiger partial charge in [-0.3, -0.25) is 0 Å². The van der Waals surface area contributed by atoms with Crippen molar-refractivity contribution in [3.05, 3.63) is 17.1 Å². The van der Waals surface area contributed by atoms with E-state index in [1.165, 1.54) is 30.5 Å². The van der Waals surface area contributed by atoms with Crippen molar-refractivity contribution >= 4 is 5.82 Å². The molecule has 0 amide bonds. The van der Waals surface area contributed by atoms with Crippen LogP contribution >= 0.6 is 0 Å². The highest BCUT2D eigenvalue weighted by Crippen LogP contribution is 2.29. The molecular formula is C16H27N3O. The molecule has 4 heteroatoms. The van der Waals surface area contributed by atoms with Gasteiger partial charge in [-0.05, 0) is 53.4 Å². The minimum atomic E-state index is -0.430. The van der Waals surface area contributed by atoms with Crippen LogP contribution in [0.5, 0.6) is 0 Å². The highest BCUT2D eigenvalue weighted by Gasteiger charge is 2.27. The normalized spacial score (nSPS) is 15.6. The largest absolute Gasteiger partial charge is 0.370 e. The molecule has 0 saturated carbocycles. The Labute approximate surface area is 122 Å². The molecule has 0 saturated heterocycles. The minimum Gasteiger partial charge on any atom is -0.370 e. The molecule has 0 bridgehead atoms. The van der Waals surface area contributed by atoms with E-state index in [9.17, 15) is 0 Å². The van der Waals surface area contributed by atoms with E-state index < -0.39 is 5.60 Å². The van der Waals surface area contributed by atoms with Crippen molar-refractivity contribution in [2.75, 3.05) is 18.5 Å². The number of aromatic nitrogens is 2. The second-order valence-electron chi connectivity index (χ2n) is 5.86. The van der Waals surface area contributed by atoms with E-state index in [0.29, 0.717) is 6.61 Å². The van der Waals surface area contributed by atoms with E-state index in [1.54, 1.807) is 0 Å². The molecule has 0 atom stereocenters. The molecule has 4 nitrogen and oxygen atoms in total. The summed E-state index contributed by atoms with van der Waals surface area (Å²) in [6, 6.07) is 0. The maximum absolute atomic E-state index is 5.82. The smallest absolute Gasteiger partial charge is 0.162 e. The third kappa shape index (κ3) is 3.29. The van der Waals surface area contributed by atoms with Gasteiger partial charge in [0.15, 0.2) is 5.82 Å². The van der Waals surface area contributed by atoms with Crippen molar-refractivity contribution in [3.8, 4) is 0 Å². The molecule has 20 heavy (non-hydrogen) atoms. The van der Waals surface area contributed by atoms with Gasteiger partial charge in [0.2, 0.25) is 0 Å². The number of fused-ring (bicyclic) bond motifs is 1. The molecule has 1 aromatic rings. The quantitative estimate of drug-likeness (QED) is 0.837. The number of rotatable bonds is 5. The zero-order valence-corrected chi connectivity index (χ0v) is 13.3. The first-order valence-corrected chi connectivity index (χ1v) is 7.86. The van der Waals surface area contributed by atoms with E-state index in [4.69, 9.17) is 14.7 Å². The third-order valence-corrected chi connectivity index (χ3v) is 3.82. The summed E-state index contributed by atoms with van der Waals surface area (Å²) in [5, 5.41) is 3.41. The standard InChI is InChI=1S/C16H27N3O/c1-5-17-14-12-10-8-7-9-11-13(12)18-15(19-14)16(3,4)20-6-2/h5-11H2,1-4H3,(H,17,18,19). The van der Waals surface area contributed by atoms with Gasteiger partial charge in [0, 0.05) is 24.4 Å². The van der Waals surface area contributed by atoms with Gasteiger partial charge in [-0.2, -0.15) is 0 Å². The second kappa shape index (κ2) is 6.53. The first-order chi connectivity index (χ1) is 9.58. The summed E-state index contributed by atoms with van der Waals surface area (Å²) in [6.07, 6.45) is 5.90. The molecule has 1 aliphatic rings. The highest BCUT2D eigenvalue weighted by atomic mass is 16.5. The molecule has 1 N–H and O–H groups in total. The van der Waals surface area contributed by atoms with Gasteiger partial charge in [0.25, 0.3) is 0 Å². The second-order valence-corrected chi connectivity index (χ2v) is 5.86. The van der Waals surface area contributed by atoms with Crippen molar-refractivity contribution in [1.82, 2.24) is 9.97 Å².